The van der Waals surface area contributed by atoms with Gasteiger partial charge in [0.05, 0.1) is 0 Å². The van der Waals surface area contributed by atoms with Crippen LogP contribution in [0.4, 0.5) is 0 Å². The van der Waals surface area contributed by atoms with Crippen molar-refractivity contribution in [2.24, 2.45) is 0 Å². The molecule has 0 saturated carbocycles. The molecule has 0 aromatic heterocycles. The SMILES string of the molecule is N#[SiH].[Li+].[O]=[Ta](=[O])[O-]. The van der Waals surface area contributed by atoms with E-state index >= 15 is 0 Å². The van der Waals surface area contributed by atoms with Crippen molar-refractivity contribution < 1.29 is 47.8 Å². The molecule has 0 aliphatic heterocycles. The first kappa shape index (κ1) is 15.7. The quantitative estimate of drug-likeness (QED) is 0.416. The van der Waals surface area contributed by atoms with Crippen molar-refractivity contribution in [1.82, 2.24) is 0 Å². The molecule has 0 heterocycles. The van der Waals surface area contributed by atoms with Crippen molar-refractivity contribution in [3.8, 4) is 0 Å². The Morgan fingerprint density at radius 2 is 1.43 bits per heavy atom. The molecule has 0 saturated heterocycles. The molecule has 0 aromatic carbocycles. The maximum absolute atomic E-state index is 8.62. The Balaban J connectivity index is -0.0000000480. The molecular weight excluding hydrogens is 278 g/mol. The summed E-state index contributed by atoms with van der Waals surface area (Å²) in [6, 6.07) is 0. The molecule has 0 N–H and O–H groups in total. The van der Waals surface area contributed by atoms with Gasteiger partial charge in [-0.05, 0) is 0 Å². The van der Waals surface area contributed by atoms with E-state index < -0.39 is 18.8 Å². The van der Waals surface area contributed by atoms with Gasteiger partial charge >= 0.3 is 47.8 Å². The molecule has 0 bridgehead atoms. The van der Waals surface area contributed by atoms with Gasteiger partial charge in [-0.3, -0.25) is 4.89 Å². The molecule has 0 atom stereocenters. The van der Waals surface area contributed by atoms with Crippen molar-refractivity contribution in [3.05, 3.63) is 0 Å². The van der Waals surface area contributed by atoms with E-state index in [1.807, 2.05) is 0 Å². The molecule has 34 valence electrons. The molecule has 0 unspecified atom stereocenters. The zero-order chi connectivity index (χ0) is 5.58. The summed E-state index contributed by atoms with van der Waals surface area (Å²) in [5.41, 5.74) is 0. The first-order chi connectivity index (χ1) is 2.73. The van der Waals surface area contributed by atoms with Crippen LogP contribution < -0.4 is 22.5 Å². The molecule has 0 fully saturated rings. The Bertz CT molecular complexity index is 88.4. The first-order valence-corrected chi connectivity index (χ1v) is 5.26. The Morgan fingerprint density at radius 3 is 1.43 bits per heavy atom. The molecule has 0 aliphatic rings. The van der Waals surface area contributed by atoms with E-state index in [2.05, 4.69) is 0 Å². The first-order valence-electron chi connectivity index (χ1n) is 0.806. The van der Waals surface area contributed by atoms with Crippen LogP contribution in [-0.2, 0) is 25.3 Å². The predicted molar refractivity (Wildman–Crippen MR) is 10.2 cm³/mol. The fourth-order valence-electron chi connectivity index (χ4n) is 0. The Kier molecular flexibility index (Phi) is 35.4. The van der Waals surface area contributed by atoms with E-state index in [0.717, 1.165) is 0 Å². The molecule has 0 rings (SSSR count). The van der Waals surface area contributed by atoms with E-state index in [9.17, 15) is 0 Å². The van der Waals surface area contributed by atoms with Crippen LogP contribution in [0, 0.1) is 4.89 Å². The number of hydrogen-bond acceptors (Lipinski definition) is 4. The van der Waals surface area contributed by atoms with Gasteiger partial charge in [-0.2, -0.15) is 0 Å². The van der Waals surface area contributed by atoms with Crippen molar-refractivity contribution in [1.29, 1.82) is 4.89 Å². The van der Waals surface area contributed by atoms with Crippen LogP contribution in [0.2, 0.25) is 0 Å². The monoisotopic (exact) mass is 279 g/mol. The summed E-state index contributed by atoms with van der Waals surface area (Å²) in [6.07, 6.45) is 0. The number of nitrogens with zero attached hydrogens (tertiary/aromatic N) is 1. The van der Waals surface area contributed by atoms with Gasteiger partial charge in [0.1, 0.15) is 0 Å². The van der Waals surface area contributed by atoms with Crippen molar-refractivity contribution in [2.75, 3.05) is 0 Å². The third-order valence-corrected chi connectivity index (χ3v) is 0. The molecule has 0 aromatic rings. The molecule has 0 radical (unpaired) electrons. The Labute approximate surface area is 62.4 Å². The second-order valence-corrected chi connectivity index (χ2v) is 1.83. The van der Waals surface area contributed by atoms with Gasteiger partial charge < -0.3 is 0 Å². The summed E-state index contributed by atoms with van der Waals surface area (Å²) < 4.78 is 25.9. The van der Waals surface area contributed by atoms with Crippen LogP contribution in [0.15, 0.2) is 0 Å². The third kappa shape index (κ3) is 234. The van der Waals surface area contributed by atoms with Gasteiger partial charge in [0, 0.05) is 0 Å². The topological polar surface area (TPSA) is 81.0 Å². The molecular formula is HLiNO3SiTa. The van der Waals surface area contributed by atoms with Crippen molar-refractivity contribution in [2.45, 2.75) is 0 Å². The minimum atomic E-state index is -4.34. The Hall–Kier alpha value is 0.825. The van der Waals surface area contributed by atoms with Gasteiger partial charge in [0.25, 0.3) is 0 Å². The summed E-state index contributed by atoms with van der Waals surface area (Å²) in [5.74, 6) is 0. The molecule has 7 heavy (non-hydrogen) atoms. The van der Waals surface area contributed by atoms with Crippen LogP contribution >= 0.6 is 0 Å². The van der Waals surface area contributed by atoms with Gasteiger partial charge in [-0.1, -0.05) is 0 Å². The summed E-state index contributed by atoms with van der Waals surface area (Å²) >= 11 is -4.34. The van der Waals surface area contributed by atoms with E-state index in [1.54, 1.807) is 0 Å². The van der Waals surface area contributed by atoms with E-state index in [0.29, 0.717) is 0 Å². The number of hydrogen-bond donors (Lipinski definition) is 0. The van der Waals surface area contributed by atoms with Gasteiger partial charge in [-0.25, -0.2) is 0 Å². The minimum absolute atomic E-state index is 0. The van der Waals surface area contributed by atoms with Gasteiger partial charge in [0.15, 0.2) is 9.88 Å². The number of rotatable bonds is 0. The average molecular weight is 279 g/mol. The zero-order valence-electron chi connectivity index (χ0n) is 3.70. The van der Waals surface area contributed by atoms with Crippen LogP contribution in [0.25, 0.3) is 0 Å². The van der Waals surface area contributed by atoms with E-state index in [1.165, 1.54) is 9.88 Å². The summed E-state index contributed by atoms with van der Waals surface area (Å²) in [7, 11) is 1.42. The van der Waals surface area contributed by atoms with Crippen molar-refractivity contribution >= 4 is 9.88 Å². The predicted octanol–water partition coefficient (Wildman–Crippen LogP) is -5.06. The average Bonchev–Trinajstić information content (AvgIpc) is 1.41. The molecule has 0 amide bonds. The van der Waals surface area contributed by atoms with Crippen LogP contribution in [-0.4, -0.2) is 9.88 Å². The summed E-state index contributed by atoms with van der Waals surface area (Å²) in [4.78, 5) is 6.92. The molecule has 4 nitrogen and oxygen atoms in total. The van der Waals surface area contributed by atoms with Gasteiger partial charge in [-0.15, -0.1) is 0 Å². The summed E-state index contributed by atoms with van der Waals surface area (Å²) in [5, 5.41) is 0. The van der Waals surface area contributed by atoms with E-state index in [4.69, 9.17) is 15.0 Å². The second-order valence-electron chi connectivity index (χ2n) is 0.224. The Morgan fingerprint density at radius 1 is 1.43 bits per heavy atom. The normalized spacial score (nSPS) is 3.86. The maximum atomic E-state index is 8.62. The van der Waals surface area contributed by atoms with Gasteiger partial charge in [0.2, 0.25) is 0 Å². The second kappa shape index (κ2) is 15.8. The van der Waals surface area contributed by atoms with Crippen LogP contribution in [0.1, 0.15) is 0 Å². The fourth-order valence-corrected chi connectivity index (χ4v) is 0. The standard InChI is InChI=1S/Li.HNSi.3O.Ta/c;1-2;;;;/h;2H;;;;/q+1;;;;-1;. The zero-order valence-corrected chi connectivity index (χ0v) is 8.06. The third-order valence-electron chi connectivity index (χ3n) is 0. The van der Waals surface area contributed by atoms with Crippen LogP contribution in [0.5, 0.6) is 0 Å². The molecule has 0 aliphatic carbocycles. The van der Waals surface area contributed by atoms with Crippen LogP contribution in [0.3, 0.4) is 0 Å². The molecule has 7 heteroatoms. The molecule has 0 spiro atoms. The van der Waals surface area contributed by atoms with E-state index in [-0.39, 0.29) is 18.9 Å². The van der Waals surface area contributed by atoms with Crippen molar-refractivity contribution in [3.63, 3.8) is 0 Å². The summed E-state index contributed by atoms with van der Waals surface area (Å²) in [6.45, 7) is 0. The fraction of sp³-hybridized carbons (Fsp3) is 0.